The summed E-state index contributed by atoms with van der Waals surface area (Å²) in [5.74, 6) is -1.56. The normalized spacial score (nSPS) is 20.6. The molecule has 2 heterocycles. The van der Waals surface area contributed by atoms with E-state index in [0.29, 0.717) is 23.7 Å². The van der Waals surface area contributed by atoms with Crippen LogP contribution in [0.1, 0.15) is 26.2 Å². The highest BCUT2D eigenvalue weighted by atomic mass is 16.4. The van der Waals surface area contributed by atoms with E-state index in [2.05, 4.69) is 10.3 Å². The van der Waals surface area contributed by atoms with Crippen molar-refractivity contribution in [1.29, 1.82) is 0 Å². The number of likely N-dealkylation sites (tertiary alicyclic amines) is 1. The molecule has 1 aromatic carbocycles. The van der Waals surface area contributed by atoms with Gasteiger partial charge >= 0.3 is 5.97 Å². The molecule has 1 aliphatic heterocycles. The fourth-order valence-electron chi connectivity index (χ4n) is 3.17. The van der Waals surface area contributed by atoms with Gasteiger partial charge in [-0.3, -0.25) is 14.4 Å². The van der Waals surface area contributed by atoms with Crippen LogP contribution in [0, 0.1) is 5.92 Å². The number of fused-ring (bicyclic) bond motifs is 1. The van der Waals surface area contributed by atoms with E-state index in [4.69, 9.17) is 5.11 Å². The second-order valence-corrected chi connectivity index (χ2v) is 6.39. The SMILES string of the molecule is CC1CCC(C(=O)O)CN1C(=O)CCn1nnc2ccccc2c1=O. The van der Waals surface area contributed by atoms with Crippen molar-refractivity contribution >= 4 is 22.8 Å². The first-order chi connectivity index (χ1) is 12.0. The van der Waals surface area contributed by atoms with Crippen molar-refractivity contribution in [2.45, 2.75) is 38.8 Å². The van der Waals surface area contributed by atoms with Crippen molar-refractivity contribution in [1.82, 2.24) is 19.9 Å². The predicted octanol–water partition coefficient (Wildman–Crippen LogP) is 0.893. The van der Waals surface area contributed by atoms with Gasteiger partial charge in [0.05, 0.1) is 17.8 Å². The quantitative estimate of drug-likeness (QED) is 0.883. The fourth-order valence-corrected chi connectivity index (χ4v) is 3.17. The number of piperidine rings is 1. The van der Waals surface area contributed by atoms with Crippen LogP contribution in [0.25, 0.3) is 10.9 Å². The van der Waals surface area contributed by atoms with Gasteiger partial charge in [-0.2, -0.15) is 0 Å². The van der Waals surface area contributed by atoms with Crippen LogP contribution in [0.5, 0.6) is 0 Å². The van der Waals surface area contributed by atoms with Gasteiger partial charge in [0.15, 0.2) is 0 Å². The topological polar surface area (TPSA) is 105 Å². The minimum absolute atomic E-state index is 0.00232. The highest BCUT2D eigenvalue weighted by Crippen LogP contribution is 2.22. The van der Waals surface area contributed by atoms with E-state index in [1.807, 2.05) is 6.92 Å². The average molecular weight is 344 g/mol. The highest BCUT2D eigenvalue weighted by Gasteiger charge is 2.32. The monoisotopic (exact) mass is 344 g/mol. The van der Waals surface area contributed by atoms with Crippen LogP contribution in [0.2, 0.25) is 0 Å². The summed E-state index contributed by atoms with van der Waals surface area (Å²) >= 11 is 0. The number of aliphatic carboxylic acids is 1. The second-order valence-electron chi connectivity index (χ2n) is 6.39. The summed E-state index contributed by atoms with van der Waals surface area (Å²) < 4.78 is 1.18. The number of carbonyl (C=O) groups excluding carboxylic acids is 1. The first-order valence-corrected chi connectivity index (χ1v) is 8.32. The Bertz CT molecular complexity index is 863. The lowest BCUT2D eigenvalue weighted by molar-refractivity contribution is -0.147. The van der Waals surface area contributed by atoms with E-state index in [1.54, 1.807) is 29.2 Å². The standard InChI is InChI=1S/C17H20N4O4/c1-11-6-7-12(17(24)25)10-20(11)15(22)8-9-21-16(23)13-4-2-3-5-14(13)18-19-21/h2-5,11-12H,6-10H2,1H3,(H,24,25). The van der Waals surface area contributed by atoms with Crippen molar-refractivity contribution in [3.05, 3.63) is 34.6 Å². The average Bonchev–Trinajstić information content (AvgIpc) is 2.61. The number of hydrogen-bond acceptors (Lipinski definition) is 5. The zero-order valence-electron chi connectivity index (χ0n) is 14.0. The Hall–Kier alpha value is -2.77. The van der Waals surface area contributed by atoms with E-state index >= 15 is 0 Å². The van der Waals surface area contributed by atoms with E-state index in [-0.39, 0.29) is 37.0 Å². The van der Waals surface area contributed by atoms with E-state index in [9.17, 15) is 14.4 Å². The minimum Gasteiger partial charge on any atom is -0.481 e. The third-order valence-electron chi connectivity index (χ3n) is 4.72. The fraction of sp³-hybridized carbons (Fsp3) is 0.471. The molecule has 8 nitrogen and oxygen atoms in total. The lowest BCUT2D eigenvalue weighted by Crippen LogP contribution is -2.47. The maximum Gasteiger partial charge on any atom is 0.308 e. The maximum absolute atomic E-state index is 12.5. The third-order valence-corrected chi connectivity index (χ3v) is 4.72. The molecule has 1 fully saturated rings. The zero-order chi connectivity index (χ0) is 18.0. The highest BCUT2D eigenvalue weighted by molar-refractivity contribution is 5.78. The molecule has 8 heteroatoms. The van der Waals surface area contributed by atoms with Crippen LogP contribution < -0.4 is 5.56 Å². The van der Waals surface area contributed by atoms with Crippen molar-refractivity contribution in [2.24, 2.45) is 5.92 Å². The number of carboxylic acids is 1. The van der Waals surface area contributed by atoms with Crippen LogP contribution in [0.3, 0.4) is 0 Å². The molecule has 3 rings (SSSR count). The molecule has 0 aliphatic carbocycles. The molecule has 2 unspecified atom stereocenters. The number of rotatable bonds is 4. The molecule has 25 heavy (non-hydrogen) atoms. The number of nitrogens with zero attached hydrogens (tertiary/aromatic N) is 4. The summed E-state index contributed by atoms with van der Waals surface area (Å²) in [5, 5.41) is 17.5. The molecule has 1 N–H and O–H groups in total. The Morgan fingerprint density at radius 3 is 2.80 bits per heavy atom. The number of hydrogen-bond donors (Lipinski definition) is 1. The molecule has 1 saturated heterocycles. The van der Waals surface area contributed by atoms with Gasteiger partial charge in [-0.15, -0.1) is 5.10 Å². The van der Waals surface area contributed by atoms with Gasteiger partial charge in [-0.25, -0.2) is 4.68 Å². The Balaban J connectivity index is 1.70. The lowest BCUT2D eigenvalue weighted by atomic mass is 9.93. The van der Waals surface area contributed by atoms with Crippen LogP contribution in [-0.2, 0) is 16.1 Å². The van der Waals surface area contributed by atoms with Gasteiger partial charge in [0.25, 0.3) is 5.56 Å². The van der Waals surface area contributed by atoms with Gasteiger partial charge in [0.1, 0.15) is 5.52 Å². The molecule has 0 bridgehead atoms. The molecule has 1 aromatic heterocycles. The molecule has 2 aromatic rings. The lowest BCUT2D eigenvalue weighted by Gasteiger charge is -2.36. The molecule has 2 atom stereocenters. The van der Waals surface area contributed by atoms with Gasteiger partial charge in [0.2, 0.25) is 5.91 Å². The summed E-state index contributed by atoms with van der Waals surface area (Å²) in [7, 11) is 0. The number of aryl methyl sites for hydroxylation is 1. The van der Waals surface area contributed by atoms with Crippen molar-refractivity contribution < 1.29 is 14.7 Å². The maximum atomic E-state index is 12.5. The largest absolute Gasteiger partial charge is 0.481 e. The minimum atomic E-state index is -0.874. The van der Waals surface area contributed by atoms with E-state index < -0.39 is 11.9 Å². The molecule has 0 saturated carbocycles. The summed E-state index contributed by atoms with van der Waals surface area (Å²) in [6.45, 7) is 2.25. The summed E-state index contributed by atoms with van der Waals surface area (Å²) in [4.78, 5) is 37.7. The summed E-state index contributed by atoms with van der Waals surface area (Å²) in [6.07, 6.45) is 1.33. The first kappa shape index (κ1) is 17.1. The van der Waals surface area contributed by atoms with Crippen molar-refractivity contribution in [2.75, 3.05) is 6.54 Å². The van der Waals surface area contributed by atoms with Gasteiger partial charge in [-0.05, 0) is 31.9 Å². The van der Waals surface area contributed by atoms with Crippen LogP contribution >= 0.6 is 0 Å². The molecule has 0 spiro atoms. The predicted molar refractivity (Wildman–Crippen MR) is 89.9 cm³/mol. The number of carboxylic acid groups (broad SMARTS) is 1. The van der Waals surface area contributed by atoms with Gasteiger partial charge in [-0.1, -0.05) is 17.3 Å². The number of benzene rings is 1. The van der Waals surface area contributed by atoms with Crippen LogP contribution in [-0.4, -0.2) is 49.5 Å². The zero-order valence-corrected chi connectivity index (χ0v) is 14.0. The molecule has 0 radical (unpaired) electrons. The molecular weight excluding hydrogens is 324 g/mol. The first-order valence-electron chi connectivity index (χ1n) is 8.32. The summed E-state index contributed by atoms with van der Waals surface area (Å²) in [5.41, 5.74) is 0.234. The smallest absolute Gasteiger partial charge is 0.308 e. The van der Waals surface area contributed by atoms with E-state index in [0.717, 1.165) is 0 Å². The van der Waals surface area contributed by atoms with Crippen LogP contribution in [0.4, 0.5) is 0 Å². The molecular formula is C17H20N4O4. The Morgan fingerprint density at radius 1 is 1.28 bits per heavy atom. The number of carbonyl (C=O) groups is 2. The molecule has 1 amide bonds. The van der Waals surface area contributed by atoms with Gasteiger partial charge in [0, 0.05) is 19.0 Å². The Labute approximate surface area is 144 Å². The second kappa shape index (κ2) is 7.00. The number of aromatic nitrogens is 3. The Morgan fingerprint density at radius 2 is 2.04 bits per heavy atom. The van der Waals surface area contributed by atoms with E-state index in [1.165, 1.54) is 4.68 Å². The molecule has 132 valence electrons. The molecule has 1 aliphatic rings. The number of amides is 1. The van der Waals surface area contributed by atoms with Gasteiger partial charge < -0.3 is 10.0 Å². The van der Waals surface area contributed by atoms with Crippen molar-refractivity contribution in [3.8, 4) is 0 Å². The van der Waals surface area contributed by atoms with Crippen LogP contribution in [0.15, 0.2) is 29.1 Å². The third kappa shape index (κ3) is 3.52. The van der Waals surface area contributed by atoms with Crippen molar-refractivity contribution in [3.63, 3.8) is 0 Å². The Kier molecular flexibility index (Phi) is 4.78. The summed E-state index contributed by atoms with van der Waals surface area (Å²) in [6, 6.07) is 6.92.